The van der Waals surface area contributed by atoms with Crippen LogP contribution in [0, 0.1) is 5.92 Å². The number of rotatable bonds is 7. The van der Waals surface area contributed by atoms with Crippen molar-refractivity contribution in [3.05, 3.63) is 29.8 Å². The third-order valence-corrected chi connectivity index (χ3v) is 3.32. The number of carboxylic acids is 1. The van der Waals surface area contributed by atoms with Crippen LogP contribution in [0.5, 0.6) is 0 Å². The lowest BCUT2D eigenvalue weighted by atomic mass is 10.0. The van der Waals surface area contributed by atoms with E-state index in [9.17, 15) is 9.59 Å². The van der Waals surface area contributed by atoms with Crippen LogP contribution in [-0.2, 0) is 16.0 Å². The predicted octanol–water partition coefficient (Wildman–Crippen LogP) is 1.91. The molecule has 1 atom stereocenters. The molecule has 0 bridgehead atoms. The largest absolute Gasteiger partial charge is 0.480 e. The monoisotopic (exact) mass is 292 g/mol. The number of aliphatic carboxylic acids is 1. The van der Waals surface area contributed by atoms with Gasteiger partial charge in [0.1, 0.15) is 6.04 Å². The van der Waals surface area contributed by atoms with Crippen molar-refractivity contribution in [1.82, 2.24) is 5.32 Å². The Hall–Kier alpha value is -2.04. The highest BCUT2D eigenvalue weighted by Gasteiger charge is 2.22. The first-order valence-corrected chi connectivity index (χ1v) is 7.09. The summed E-state index contributed by atoms with van der Waals surface area (Å²) in [6.45, 7) is 3.55. The number of nitrogens with zero attached hydrogens (tertiary/aromatic N) is 1. The van der Waals surface area contributed by atoms with E-state index in [2.05, 4.69) is 5.32 Å². The van der Waals surface area contributed by atoms with Crippen LogP contribution in [0.4, 0.5) is 5.69 Å². The highest BCUT2D eigenvalue weighted by molar-refractivity contribution is 5.83. The van der Waals surface area contributed by atoms with Crippen LogP contribution in [0.25, 0.3) is 0 Å². The summed E-state index contributed by atoms with van der Waals surface area (Å²) in [6, 6.07) is 7.13. The topological polar surface area (TPSA) is 69.6 Å². The van der Waals surface area contributed by atoms with Gasteiger partial charge in [0.2, 0.25) is 5.91 Å². The number of benzene rings is 1. The summed E-state index contributed by atoms with van der Waals surface area (Å²) in [7, 11) is 3.93. The Morgan fingerprint density at radius 2 is 1.95 bits per heavy atom. The molecular formula is C16H24N2O3. The standard InChI is InChI=1S/C16H24N2O3/c1-11(2)15(16(20)21)17-14(19)9-8-12-6-5-7-13(10-12)18(3)4/h5-7,10-11,15H,8-9H2,1-4H3,(H,17,19)(H,20,21)/t15-/m1/s1. The second kappa shape index (κ2) is 7.67. The van der Waals surface area contributed by atoms with Gasteiger partial charge in [-0.15, -0.1) is 0 Å². The molecule has 0 unspecified atom stereocenters. The number of carbonyl (C=O) groups is 2. The molecule has 0 aliphatic heterocycles. The molecule has 116 valence electrons. The fraction of sp³-hybridized carbons (Fsp3) is 0.500. The smallest absolute Gasteiger partial charge is 0.326 e. The van der Waals surface area contributed by atoms with E-state index in [4.69, 9.17) is 5.11 Å². The molecule has 1 amide bonds. The lowest BCUT2D eigenvalue weighted by Crippen LogP contribution is -2.44. The summed E-state index contributed by atoms with van der Waals surface area (Å²) in [4.78, 5) is 24.9. The number of amides is 1. The summed E-state index contributed by atoms with van der Waals surface area (Å²) < 4.78 is 0. The zero-order valence-corrected chi connectivity index (χ0v) is 13.1. The van der Waals surface area contributed by atoms with Crippen molar-refractivity contribution in [1.29, 1.82) is 0 Å². The molecule has 0 aromatic heterocycles. The van der Waals surface area contributed by atoms with Gasteiger partial charge in [-0.3, -0.25) is 4.79 Å². The van der Waals surface area contributed by atoms with Gasteiger partial charge in [-0.25, -0.2) is 4.79 Å². The Bertz CT molecular complexity index is 498. The summed E-state index contributed by atoms with van der Waals surface area (Å²) in [5.41, 5.74) is 2.14. The third kappa shape index (κ3) is 5.45. The Labute approximate surface area is 126 Å². The third-order valence-electron chi connectivity index (χ3n) is 3.32. The van der Waals surface area contributed by atoms with Crippen molar-refractivity contribution < 1.29 is 14.7 Å². The first-order valence-electron chi connectivity index (χ1n) is 7.09. The van der Waals surface area contributed by atoms with Gasteiger partial charge in [0.25, 0.3) is 0 Å². The molecule has 0 saturated carbocycles. The van der Waals surface area contributed by atoms with Crippen molar-refractivity contribution in [2.75, 3.05) is 19.0 Å². The molecule has 0 aliphatic rings. The average Bonchev–Trinajstić information content (AvgIpc) is 2.42. The number of hydrogen-bond acceptors (Lipinski definition) is 3. The Morgan fingerprint density at radius 1 is 1.29 bits per heavy atom. The average molecular weight is 292 g/mol. The number of carboxylic acid groups (broad SMARTS) is 1. The zero-order valence-electron chi connectivity index (χ0n) is 13.1. The fourth-order valence-corrected chi connectivity index (χ4v) is 2.01. The van der Waals surface area contributed by atoms with Crippen LogP contribution in [0.2, 0.25) is 0 Å². The molecule has 5 heteroatoms. The first-order chi connectivity index (χ1) is 9.81. The fourth-order valence-electron chi connectivity index (χ4n) is 2.01. The minimum absolute atomic E-state index is 0.136. The normalized spacial score (nSPS) is 12.0. The van der Waals surface area contributed by atoms with Crippen molar-refractivity contribution in [3.63, 3.8) is 0 Å². The second-order valence-corrected chi connectivity index (χ2v) is 5.69. The van der Waals surface area contributed by atoms with Gasteiger partial charge in [-0.2, -0.15) is 0 Å². The molecule has 0 fully saturated rings. The maximum atomic E-state index is 11.9. The van der Waals surface area contributed by atoms with E-state index >= 15 is 0 Å². The molecule has 0 saturated heterocycles. The summed E-state index contributed by atoms with van der Waals surface area (Å²) >= 11 is 0. The minimum Gasteiger partial charge on any atom is -0.480 e. The minimum atomic E-state index is -0.993. The van der Waals surface area contributed by atoms with Crippen LogP contribution in [0.1, 0.15) is 25.8 Å². The number of aryl methyl sites for hydroxylation is 1. The van der Waals surface area contributed by atoms with Gasteiger partial charge in [-0.05, 0) is 30.0 Å². The van der Waals surface area contributed by atoms with E-state index in [0.717, 1.165) is 11.3 Å². The van der Waals surface area contributed by atoms with E-state index in [1.807, 2.05) is 43.3 Å². The molecule has 1 aromatic carbocycles. The van der Waals surface area contributed by atoms with Gasteiger partial charge in [0, 0.05) is 26.2 Å². The zero-order chi connectivity index (χ0) is 16.0. The molecule has 1 rings (SSSR count). The number of hydrogen-bond donors (Lipinski definition) is 2. The molecular weight excluding hydrogens is 268 g/mol. The van der Waals surface area contributed by atoms with E-state index in [-0.39, 0.29) is 18.2 Å². The van der Waals surface area contributed by atoms with Gasteiger partial charge >= 0.3 is 5.97 Å². The summed E-state index contributed by atoms with van der Waals surface area (Å²) in [5, 5.41) is 11.6. The van der Waals surface area contributed by atoms with Gasteiger partial charge in [0.15, 0.2) is 0 Å². The van der Waals surface area contributed by atoms with E-state index < -0.39 is 12.0 Å². The SMILES string of the molecule is CC(C)[C@@H](NC(=O)CCc1cccc(N(C)C)c1)C(=O)O. The molecule has 5 nitrogen and oxygen atoms in total. The lowest BCUT2D eigenvalue weighted by Gasteiger charge is -2.18. The summed E-state index contributed by atoms with van der Waals surface area (Å²) in [6.07, 6.45) is 0.880. The molecule has 0 aliphatic carbocycles. The number of carbonyl (C=O) groups excluding carboxylic acids is 1. The molecule has 2 N–H and O–H groups in total. The highest BCUT2D eigenvalue weighted by Crippen LogP contribution is 2.14. The summed E-state index contributed by atoms with van der Waals surface area (Å²) in [5.74, 6) is -1.36. The van der Waals surface area contributed by atoms with Crippen molar-refractivity contribution in [2.24, 2.45) is 5.92 Å². The Kier molecular flexibility index (Phi) is 6.21. The molecule has 0 heterocycles. The van der Waals surface area contributed by atoms with Crippen molar-refractivity contribution in [3.8, 4) is 0 Å². The maximum Gasteiger partial charge on any atom is 0.326 e. The highest BCUT2D eigenvalue weighted by atomic mass is 16.4. The van der Waals surface area contributed by atoms with Gasteiger partial charge < -0.3 is 15.3 Å². The molecule has 21 heavy (non-hydrogen) atoms. The number of nitrogens with one attached hydrogen (secondary N) is 1. The first kappa shape index (κ1) is 17.0. The molecule has 1 aromatic rings. The van der Waals surface area contributed by atoms with Crippen LogP contribution >= 0.6 is 0 Å². The lowest BCUT2D eigenvalue weighted by molar-refractivity contribution is -0.143. The van der Waals surface area contributed by atoms with Crippen LogP contribution in [0.3, 0.4) is 0 Å². The second-order valence-electron chi connectivity index (χ2n) is 5.69. The predicted molar refractivity (Wildman–Crippen MR) is 83.5 cm³/mol. The quantitative estimate of drug-likeness (QED) is 0.805. The van der Waals surface area contributed by atoms with Crippen molar-refractivity contribution >= 4 is 17.6 Å². The van der Waals surface area contributed by atoms with Crippen LogP contribution in [0.15, 0.2) is 24.3 Å². The Morgan fingerprint density at radius 3 is 2.48 bits per heavy atom. The number of anilines is 1. The van der Waals surface area contributed by atoms with E-state index in [1.54, 1.807) is 13.8 Å². The maximum absolute atomic E-state index is 11.9. The van der Waals surface area contributed by atoms with Crippen LogP contribution in [-0.4, -0.2) is 37.1 Å². The molecule has 0 spiro atoms. The Balaban J connectivity index is 2.57. The van der Waals surface area contributed by atoms with Crippen molar-refractivity contribution in [2.45, 2.75) is 32.7 Å². The van der Waals surface area contributed by atoms with E-state index in [0.29, 0.717) is 6.42 Å². The van der Waals surface area contributed by atoms with Crippen LogP contribution < -0.4 is 10.2 Å². The van der Waals surface area contributed by atoms with E-state index in [1.165, 1.54) is 0 Å². The van der Waals surface area contributed by atoms with Gasteiger partial charge in [0.05, 0.1) is 0 Å². The molecule has 0 radical (unpaired) electrons. The van der Waals surface area contributed by atoms with Gasteiger partial charge in [-0.1, -0.05) is 26.0 Å².